The summed E-state index contributed by atoms with van der Waals surface area (Å²) in [5, 5.41) is 18.9. The van der Waals surface area contributed by atoms with Gasteiger partial charge in [0, 0.05) is 51.9 Å². The van der Waals surface area contributed by atoms with Crippen molar-refractivity contribution in [1.29, 1.82) is 5.26 Å². The van der Waals surface area contributed by atoms with Gasteiger partial charge in [0.25, 0.3) is 11.5 Å². The number of amides is 1. The second kappa shape index (κ2) is 11.3. The zero-order valence-electron chi connectivity index (χ0n) is 19.5. The summed E-state index contributed by atoms with van der Waals surface area (Å²) in [5.74, 6) is 0.586. The molecule has 0 radical (unpaired) electrons. The molecular weight excluding hydrogens is 458 g/mol. The Morgan fingerprint density at radius 1 is 1.18 bits per heavy atom. The number of pyridine rings is 1. The Hall–Kier alpha value is -2.19. The van der Waals surface area contributed by atoms with Gasteiger partial charge in [-0.3, -0.25) is 24.0 Å². The van der Waals surface area contributed by atoms with Gasteiger partial charge in [0.1, 0.15) is 21.8 Å². The van der Waals surface area contributed by atoms with E-state index in [2.05, 4.69) is 16.7 Å². The Labute approximate surface area is 204 Å². The molecule has 3 rings (SSSR count). The summed E-state index contributed by atoms with van der Waals surface area (Å²) in [6, 6.07) is 2.04. The van der Waals surface area contributed by atoms with Gasteiger partial charge < -0.3 is 10.0 Å². The molecular formula is C23H31N5O3S2. The molecule has 2 saturated heterocycles. The molecule has 3 heterocycles. The number of carbonyl (C=O) groups excluding carboxylic acids is 1. The first kappa shape index (κ1) is 25.4. The molecule has 1 amide bonds. The molecule has 33 heavy (non-hydrogen) atoms. The summed E-state index contributed by atoms with van der Waals surface area (Å²) in [6.45, 7) is 8.08. The number of thiocarbonyl (C=S) groups is 1. The number of hydrogen-bond donors (Lipinski definition) is 1. The molecule has 2 fully saturated rings. The minimum Gasteiger partial charge on any atom is -0.395 e. The highest BCUT2D eigenvalue weighted by Gasteiger charge is 2.33. The first-order chi connectivity index (χ1) is 15.8. The molecule has 2 aliphatic rings. The fraction of sp³-hybridized carbons (Fsp3) is 0.565. The second-order valence-electron chi connectivity index (χ2n) is 8.31. The van der Waals surface area contributed by atoms with Crippen LogP contribution in [0, 0.1) is 18.3 Å². The van der Waals surface area contributed by atoms with E-state index in [-0.39, 0.29) is 23.6 Å². The van der Waals surface area contributed by atoms with Crippen LogP contribution in [0.3, 0.4) is 0 Å². The van der Waals surface area contributed by atoms with Crippen molar-refractivity contribution < 1.29 is 9.90 Å². The summed E-state index contributed by atoms with van der Waals surface area (Å²) < 4.78 is 2.06. The molecule has 0 aliphatic carbocycles. The normalized spacial score (nSPS) is 18.5. The van der Waals surface area contributed by atoms with E-state index in [1.54, 1.807) is 24.9 Å². The highest BCUT2D eigenvalue weighted by atomic mass is 32.2. The third kappa shape index (κ3) is 5.32. The average molecular weight is 490 g/mol. The maximum Gasteiger partial charge on any atom is 0.270 e. The van der Waals surface area contributed by atoms with Crippen LogP contribution in [-0.4, -0.2) is 75.6 Å². The predicted octanol–water partition coefficient (Wildman–Crippen LogP) is 2.07. The highest BCUT2D eigenvalue weighted by molar-refractivity contribution is 8.26. The topological polar surface area (TPSA) is 92.8 Å². The van der Waals surface area contributed by atoms with Crippen molar-refractivity contribution >= 4 is 46.1 Å². The molecule has 0 aromatic carbocycles. The smallest absolute Gasteiger partial charge is 0.270 e. The number of anilines is 1. The summed E-state index contributed by atoms with van der Waals surface area (Å²) in [5.41, 5.74) is 1.03. The van der Waals surface area contributed by atoms with Crippen LogP contribution in [0.5, 0.6) is 0 Å². The van der Waals surface area contributed by atoms with E-state index in [9.17, 15) is 20.0 Å². The van der Waals surface area contributed by atoms with Crippen LogP contribution in [0.2, 0.25) is 0 Å². The number of aliphatic hydroxyl groups excluding tert-OH is 1. The lowest BCUT2D eigenvalue weighted by atomic mass is 10.0. The molecule has 1 aromatic rings. The van der Waals surface area contributed by atoms with Crippen LogP contribution in [-0.2, 0) is 11.8 Å². The molecule has 0 spiro atoms. The quantitative estimate of drug-likeness (QED) is 0.337. The van der Waals surface area contributed by atoms with Crippen LogP contribution >= 0.6 is 24.0 Å². The van der Waals surface area contributed by atoms with E-state index in [1.807, 2.05) is 6.07 Å². The molecule has 1 N–H and O–H groups in total. The monoisotopic (exact) mass is 489 g/mol. The van der Waals surface area contributed by atoms with Gasteiger partial charge in [-0.05, 0) is 25.0 Å². The van der Waals surface area contributed by atoms with Crippen molar-refractivity contribution in [2.24, 2.45) is 7.05 Å². The van der Waals surface area contributed by atoms with E-state index in [0.29, 0.717) is 52.3 Å². The van der Waals surface area contributed by atoms with E-state index in [0.717, 1.165) is 32.4 Å². The standard InChI is InChI=1S/C23H31N5O3S2/c1-4-5-6-7-28-22(31)19(33-23(28)32)14-17-16(2)18(15-24)21(30)25(3)20(17)27-10-8-26(9-11-27)12-13-29/h14,29H,4-13H2,1-3H3. The highest BCUT2D eigenvalue weighted by Crippen LogP contribution is 2.36. The van der Waals surface area contributed by atoms with Gasteiger partial charge >= 0.3 is 0 Å². The number of β-amino-alcohol motifs (C(OH)–C–C–N with tert-alkyl or cyclic N) is 1. The Kier molecular flexibility index (Phi) is 8.70. The molecule has 8 nitrogen and oxygen atoms in total. The van der Waals surface area contributed by atoms with E-state index in [4.69, 9.17) is 12.2 Å². The van der Waals surface area contributed by atoms with Crippen molar-refractivity contribution in [3.05, 3.63) is 31.9 Å². The zero-order valence-corrected chi connectivity index (χ0v) is 21.1. The maximum atomic E-state index is 13.1. The van der Waals surface area contributed by atoms with Crippen molar-refractivity contribution in [3.8, 4) is 6.07 Å². The minimum atomic E-state index is -0.341. The van der Waals surface area contributed by atoms with Crippen molar-refractivity contribution in [2.45, 2.75) is 33.1 Å². The Morgan fingerprint density at radius 2 is 1.88 bits per heavy atom. The van der Waals surface area contributed by atoms with Crippen LogP contribution in [0.1, 0.15) is 42.9 Å². The average Bonchev–Trinajstić information content (AvgIpc) is 3.06. The van der Waals surface area contributed by atoms with E-state index < -0.39 is 0 Å². The van der Waals surface area contributed by atoms with Gasteiger partial charge in [-0.25, -0.2) is 0 Å². The van der Waals surface area contributed by atoms with Gasteiger partial charge in [0.2, 0.25) is 0 Å². The van der Waals surface area contributed by atoms with Crippen LogP contribution in [0.15, 0.2) is 9.70 Å². The number of nitriles is 1. The zero-order chi connectivity index (χ0) is 24.1. The number of carbonyl (C=O) groups is 1. The first-order valence-corrected chi connectivity index (χ1v) is 12.5. The van der Waals surface area contributed by atoms with Crippen LogP contribution in [0.4, 0.5) is 5.82 Å². The van der Waals surface area contributed by atoms with Gasteiger partial charge in [-0.15, -0.1) is 0 Å². The number of piperazine rings is 1. The first-order valence-electron chi connectivity index (χ1n) is 11.3. The van der Waals surface area contributed by atoms with Crippen LogP contribution < -0.4 is 10.5 Å². The SMILES string of the molecule is CCCCCN1C(=O)C(=Cc2c(C)c(C#N)c(=O)n(C)c2N2CCN(CCO)CC2)SC1=S. The molecule has 1 aromatic heterocycles. The lowest BCUT2D eigenvalue weighted by Crippen LogP contribution is -2.49. The molecule has 0 atom stereocenters. The molecule has 10 heteroatoms. The second-order valence-corrected chi connectivity index (χ2v) is 9.98. The molecule has 178 valence electrons. The van der Waals surface area contributed by atoms with Gasteiger partial charge in [-0.2, -0.15) is 5.26 Å². The summed E-state index contributed by atoms with van der Waals surface area (Å²) >= 11 is 6.74. The minimum absolute atomic E-state index is 0.0878. The summed E-state index contributed by atoms with van der Waals surface area (Å²) in [7, 11) is 1.67. The van der Waals surface area contributed by atoms with Crippen molar-refractivity contribution in [3.63, 3.8) is 0 Å². The molecule has 0 saturated carbocycles. The fourth-order valence-electron chi connectivity index (χ4n) is 4.26. The summed E-state index contributed by atoms with van der Waals surface area (Å²) in [4.78, 5) is 32.5. The summed E-state index contributed by atoms with van der Waals surface area (Å²) in [6.07, 6.45) is 4.79. The lowest BCUT2D eigenvalue weighted by Gasteiger charge is -2.37. The third-order valence-electron chi connectivity index (χ3n) is 6.19. The Balaban J connectivity index is 2.02. The number of nitrogens with zero attached hydrogens (tertiary/aromatic N) is 5. The van der Waals surface area contributed by atoms with Gasteiger partial charge in [-0.1, -0.05) is 43.7 Å². The van der Waals surface area contributed by atoms with E-state index >= 15 is 0 Å². The van der Waals surface area contributed by atoms with Gasteiger partial charge in [0.05, 0.1) is 11.5 Å². The van der Waals surface area contributed by atoms with Crippen molar-refractivity contribution in [1.82, 2.24) is 14.4 Å². The number of hydrogen-bond acceptors (Lipinski definition) is 8. The molecule has 0 bridgehead atoms. The number of aromatic nitrogens is 1. The van der Waals surface area contributed by atoms with E-state index in [1.165, 1.54) is 16.3 Å². The number of aliphatic hydroxyl groups is 1. The molecule has 2 aliphatic heterocycles. The van der Waals surface area contributed by atoms with Crippen molar-refractivity contribution in [2.75, 3.05) is 50.8 Å². The Bertz CT molecular complexity index is 1050. The lowest BCUT2D eigenvalue weighted by molar-refractivity contribution is -0.122. The fourth-order valence-corrected chi connectivity index (χ4v) is 5.55. The Morgan fingerprint density at radius 3 is 2.48 bits per heavy atom. The molecule has 0 unspecified atom stereocenters. The number of thioether (sulfide) groups is 1. The number of unbranched alkanes of at least 4 members (excludes halogenated alkanes) is 2. The maximum absolute atomic E-state index is 13.1. The third-order valence-corrected chi connectivity index (χ3v) is 7.57. The number of rotatable bonds is 8. The van der Waals surface area contributed by atoms with Crippen LogP contribution in [0.25, 0.3) is 6.08 Å². The predicted molar refractivity (Wildman–Crippen MR) is 136 cm³/mol. The van der Waals surface area contributed by atoms with Gasteiger partial charge in [0.15, 0.2) is 0 Å². The largest absolute Gasteiger partial charge is 0.395 e.